The van der Waals surface area contributed by atoms with E-state index in [1.807, 2.05) is 19.2 Å². The van der Waals surface area contributed by atoms with E-state index in [9.17, 15) is 14.4 Å². The van der Waals surface area contributed by atoms with Gasteiger partial charge in [-0.05, 0) is 42.5 Å². The maximum absolute atomic E-state index is 12.7. The van der Waals surface area contributed by atoms with E-state index in [-0.39, 0.29) is 18.1 Å². The predicted molar refractivity (Wildman–Crippen MR) is 116 cm³/mol. The number of thiophene rings is 1. The summed E-state index contributed by atoms with van der Waals surface area (Å²) in [7, 11) is 0. The van der Waals surface area contributed by atoms with Gasteiger partial charge >= 0.3 is 11.9 Å². The van der Waals surface area contributed by atoms with Crippen molar-refractivity contribution in [2.75, 3.05) is 18.5 Å². The summed E-state index contributed by atoms with van der Waals surface area (Å²) >= 11 is 1.26. The van der Waals surface area contributed by atoms with Crippen molar-refractivity contribution in [1.29, 1.82) is 0 Å². The zero-order valence-corrected chi connectivity index (χ0v) is 18.8. The molecule has 11 heteroatoms. The van der Waals surface area contributed by atoms with Gasteiger partial charge in [-0.25, -0.2) is 19.1 Å². The molecule has 1 amide bonds. The quantitative estimate of drug-likeness (QED) is 0.512. The van der Waals surface area contributed by atoms with E-state index in [4.69, 9.17) is 9.47 Å². The second-order valence-corrected chi connectivity index (χ2v) is 8.58. The zero-order chi connectivity index (χ0) is 22.8. The number of carbonyl (C=O) groups is 3. The Kier molecular flexibility index (Phi) is 6.17. The van der Waals surface area contributed by atoms with Crippen molar-refractivity contribution in [3.63, 3.8) is 0 Å². The summed E-state index contributed by atoms with van der Waals surface area (Å²) in [6, 6.07) is 0. The highest BCUT2D eigenvalue weighted by Gasteiger charge is 2.32. The van der Waals surface area contributed by atoms with Crippen LogP contribution in [0.15, 0.2) is 17.9 Å². The summed E-state index contributed by atoms with van der Waals surface area (Å²) in [4.78, 5) is 45.7. The number of aromatic nitrogens is 4. The molecule has 32 heavy (non-hydrogen) atoms. The van der Waals surface area contributed by atoms with Gasteiger partial charge < -0.3 is 14.8 Å². The van der Waals surface area contributed by atoms with E-state index in [2.05, 4.69) is 20.4 Å². The first kappa shape index (κ1) is 21.9. The maximum atomic E-state index is 12.7. The van der Waals surface area contributed by atoms with Gasteiger partial charge in [-0.3, -0.25) is 4.79 Å². The third-order valence-electron chi connectivity index (χ3n) is 5.01. The molecule has 1 fully saturated rings. The van der Waals surface area contributed by atoms with Gasteiger partial charge in [0.2, 0.25) is 0 Å². The number of rotatable bonds is 8. The fraction of sp³-hybridized carbons (Fsp3) is 0.429. The molecule has 4 rings (SSSR count). The molecule has 0 bridgehead atoms. The lowest BCUT2D eigenvalue weighted by atomic mass is 10.1. The molecule has 1 saturated carbocycles. The van der Waals surface area contributed by atoms with Crippen molar-refractivity contribution in [2.45, 2.75) is 45.4 Å². The monoisotopic (exact) mass is 457 g/mol. The van der Waals surface area contributed by atoms with Crippen LogP contribution in [0, 0.1) is 0 Å². The van der Waals surface area contributed by atoms with Gasteiger partial charge in [0.1, 0.15) is 11.3 Å². The average Bonchev–Trinajstić information content (AvgIpc) is 3.34. The van der Waals surface area contributed by atoms with Crippen LogP contribution in [0.5, 0.6) is 0 Å². The molecule has 10 nitrogen and oxygen atoms in total. The van der Waals surface area contributed by atoms with Gasteiger partial charge in [-0.1, -0.05) is 13.8 Å². The summed E-state index contributed by atoms with van der Waals surface area (Å²) in [5.41, 5.74) is 2.09. The molecular weight excluding hydrogens is 434 g/mol. The Balaban J connectivity index is 1.46. The molecule has 3 aromatic heterocycles. The third-order valence-corrected chi connectivity index (χ3v) is 5.93. The molecule has 0 aromatic carbocycles. The number of hydrogen-bond acceptors (Lipinski definition) is 9. The van der Waals surface area contributed by atoms with Gasteiger partial charge in [0.15, 0.2) is 6.61 Å². The minimum atomic E-state index is -0.691. The highest BCUT2D eigenvalue weighted by Crippen LogP contribution is 2.46. The lowest BCUT2D eigenvalue weighted by Gasteiger charge is -2.13. The summed E-state index contributed by atoms with van der Waals surface area (Å²) in [5.74, 6) is -1.06. The summed E-state index contributed by atoms with van der Waals surface area (Å²) in [5, 5.41) is 9.07. The Morgan fingerprint density at radius 3 is 2.69 bits per heavy atom. The molecule has 3 heterocycles. The number of nitrogens with one attached hydrogen (secondary N) is 1. The SMILES string of the molecule is CCOC(=O)c1c(C2CC2)csc1NC(=O)COC(=O)c1cnc2ncnn2c1C(C)C. The number of ether oxygens (including phenoxy) is 2. The molecule has 1 aliphatic carbocycles. The Labute approximate surface area is 188 Å². The number of esters is 2. The summed E-state index contributed by atoms with van der Waals surface area (Å²) < 4.78 is 11.9. The third kappa shape index (κ3) is 4.33. The second-order valence-electron chi connectivity index (χ2n) is 7.70. The molecule has 0 saturated heterocycles. The Morgan fingerprint density at radius 2 is 2.00 bits per heavy atom. The Morgan fingerprint density at radius 1 is 1.22 bits per heavy atom. The first-order valence-electron chi connectivity index (χ1n) is 10.3. The standard InChI is InChI=1S/C21H23N5O5S/c1-4-30-20(29)16-14(12-5-6-12)9-32-18(16)25-15(27)8-31-19(28)13-7-22-21-23-10-24-26(21)17(13)11(2)3/h7,9-12H,4-6,8H2,1-3H3,(H,25,27). The van der Waals surface area contributed by atoms with Crippen LogP contribution in [0.1, 0.15) is 77.4 Å². The van der Waals surface area contributed by atoms with E-state index < -0.39 is 24.5 Å². The van der Waals surface area contributed by atoms with E-state index in [1.54, 1.807) is 6.92 Å². The molecule has 0 unspecified atom stereocenters. The first-order valence-corrected chi connectivity index (χ1v) is 11.2. The smallest absolute Gasteiger partial charge is 0.342 e. The van der Waals surface area contributed by atoms with Crippen molar-refractivity contribution in [1.82, 2.24) is 19.6 Å². The number of nitrogens with zero attached hydrogens (tertiary/aromatic N) is 4. The number of anilines is 1. The highest BCUT2D eigenvalue weighted by atomic mass is 32.1. The van der Waals surface area contributed by atoms with Gasteiger partial charge in [0, 0.05) is 6.20 Å². The largest absolute Gasteiger partial charge is 0.462 e. The molecule has 168 valence electrons. The summed E-state index contributed by atoms with van der Waals surface area (Å²) in [6.45, 7) is 5.28. The topological polar surface area (TPSA) is 125 Å². The minimum absolute atomic E-state index is 0.0577. The molecule has 0 radical (unpaired) electrons. The molecule has 0 spiro atoms. The number of carbonyl (C=O) groups excluding carboxylic acids is 3. The molecule has 0 aliphatic heterocycles. The van der Waals surface area contributed by atoms with Crippen LogP contribution in [-0.4, -0.2) is 50.6 Å². The van der Waals surface area contributed by atoms with Crippen molar-refractivity contribution in [3.05, 3.63) is 40.3 Å². The van der Waals surface area contributed by atoms with Crippen LogP contribution >= 0.6 is 11.3 Å². The predicted octanol–water partition coefficient (Wildman–Crippen LogP) is 3.16. The lowest BCUT2D eigenvalue weighted by Crippen LogP contribution is -2.23. The summed E-state index contributed by atoms with van der Waals surface area (Å²) in [6.07, 6.45) is 4.75. The van der Waals surface area contributed by atoms with Crippen LogP contribution < -0.4 is 5.32 Å². The van der Waals surface area contributed by atoms with Gasteiger partial charge in [0.05, 0.1) is 23.4 Å². The maximum Gasteiger partial charge on any atom is 0.342 e. The van der Waals surface area contributed by atoms with Crippen LogP contribution in [0.4, 0.5) is 5.00 Å². The fourth-order valence-corrected chi connectivity index (χ4v) is 4.50. The van der Waals surface area contributed by atoms with Crippen LogP contribution in [0.25, 0.3) is 5.78 Å². The molecular formula is C21H23N5O5S. The number of fused-ring (bicyclic) bond motifs is 1. The minimum Gasteiger partial charge on any atom is -0.462 e. The van der Waals surface area contributed by atoms with E-state index in [0.717, 1.165) is 18.4 Å². The lowest BCUT2D eigenvalue weighted by molar-refractivity contribution is -0.119. The zero-order valence-electron chi connectivity index (χ0n) is 18.0. The second kappa shape index (κ2) is 9.03. The fourth-order valence-electron chi connectivity index (χ4n) is 3.45. The van der Waals surface area contributed by atoms with Gasteiger partial charge in [-0.2, -0.15) is 10.1 Å². The number of amides is 1. The molecule has 1 aliphatic rings. The van der Waals surface area contributed by atoms with E-state index in [1.165, 1.54) is 28.4 Å². The average molecular weight is 458 g/mol. The van der Waals surface area contributed by atoms with E-state index >= 15 is 0 Å². The van der Waals surface area contributed by atoms with Gasteiger partial charge in [0.25, 0.3) is 11.7 Å². The van der Waals surface area contributed by atoms with Crippen molar-refractivity contribution in [3.8, 4) is 0 Å². The van der Waals surface area contributed by atoms with Crippen LogP contribution in [0.2, 0.25) is 0 Å². The number of hydrogen-bond donors (Lipinski definition) is 1. The highest BCUT2D eigenvalue weighted by molar-refractivity contribution is 7.15. The molecule has 3 aromatic rings. The van der Waals surface area contributed by atoms with Crippen molar-refractivity contribution in [2.24, 2.45) is 0 Å². The molecule has 1 N–H and O–H groups in total. The van der Waals surface area contributed by atoms with Crippen molar-refractivity contribution >= 4 is 40.0 Å². The normalized spacial score (nSPS) is 13.4. The van der Waals surface area contributed by atoms with Crippen LogP contribution in [-0.2, 0) is 14.3 Å². The van der Waals surface area contributed by atoms with Crippen molar-refractivity contribution < 1.29 is 23.9 Å². The van der Waals surface area contributed by atoms with Crippen LogP contribution in [0.3, 0.4) is 0 Å². The molecule has 0 atom stereocenters. The van der Waals surface area contributed by atoms with E-state index in [0.29, 0.717) is 28.0 Å². The van der Waals surface area contributed by atoms with Gasteiger partial charge in [-0.15, -0.1) is 11.3 Å². The first-order chi connectivity index (χ1) is 15.4. The Hall–Kier alpha value is -3.34. The Bertz CT molecular complexity index is 1180.